The second kappa shape index (κ2) is 7.85. The summed E-state index contributed by atoms with van der Waals surface area (Å²) in [5.74, 6) is 1.29. The van der Waals surface area contributed by atoms with Crippen molar-refractivity contribution in [2.45, 2.75) is 18.9 Å². The lowest BCUT2D eigenvalue weighted by molar-refractivity contribution is -0.132. The predicted octanol–water partition coefficient (Wildman–Crippen LogP) is -0.568. The first kappa shape index (κ1) is 15.6. The Morgan fingerprint density at radius 1 is 1.30 bits per heavy atom. The van der Waals surface area contributed by atoms with Gasteiger partial charge in [-0.25, -0.2) is 0 Å². The van der Waals surface area contributed by atoms with Crippen molar-refractivity contribution in [3.8, 4) is 0 Å². The van der Waals surface area contributed by atoms with Crippen LogP contribution >= 0.6 is 11.8 Å². The molecule has 2 amide bonds. The van der Waals surface area contributed by atoms with Gasteiger partial charge in [0, 0.05) is 25.7 Å². The van der Waals surface area contributed by atoms with E-state index >= 15 is 0 Å². The molecule has 6 nitrogen and oxygen atoms in total. The summed E-state index contributed by atoms with van der Waals surface area (Å²) in [7, 11) is 0. The highest BCUT2D eigenvalue weighted by Gasteiger charge is 2.31. The monoisotopic (exact) mass is 301 g/mol. The lowest BCUT2D eigenvalue weighted by Crippen LogP contribution is -2.43. The molecule has 1 unspecified atom stereocenters. The molecule has 1 aliphatic carbocycles. The molecule has 0 aromatic rings. The van der Waals surface area contributed by atoms with E-state index in [9.17, 15) is 9.59 Å². The Labute approximate surface area is 123 Å². The summed E-state index contributed by atoms with van der Waals surface area (Å²) >= 11 is 1.36. The van der Waals surface area contributed by atoms with E-state index in [2.05, 4.69) is 5.32 Å². The largest absolute Gasteiger partial charge is 0.378 e. The fourth-order valence-electron chi connectivity index (χ4n) is 2.25. The zero-order valence-corrected chi connectivity index (χ0v) is 12.5. The number of rotatable bonds is 7. The SMILES string of the molecule is NCC(NC(=O)CSCC(=O)N1CCOCC1)C1CC1. The zero-order valence-electron chi connectivity index (χ0n) is 11.7. The number of ether oxygens (including phenoxy) is 1. The number of carbonyl (C=O) groups is 2. The maximum Gasteiger partial charge on any atom is 0.232 e. The molecule has 0 spiro atoms. The van der Waals surface area contributed by atoms with Crippen molar-refractivity contribution in [3.63, 3.8) is 0 Å². The number of thioether (sulfide) groups is 1. The number of morpholine rings is 1. The van der Waals surface area contributed by atoms with Crippen LogP contribution in [0.5, 0.6) is 0 Å². The maximum absolute atomic E-state index is 11.9. The Bertz CT molecular complexity index is 344. The van der Waals surface area contributed by atoms with Crippen LogP contribution in [0.1, 0.15) is 12.8 Å². The Kier molecular flexibility index (Phi) is 6.12. The van der Waals surface area contributed by atoms with E-state index in [1.54, 1.807) is 4.90 Å². The Balaban J connectivity index is 1.59. The van der Waals surface area contributed by atoms with Crippen molar-refractivity contribution in [1.29, 1.82) is 0 Å². The second-order valence-electron chi connectivity index (χ2n) is 5.23. The van der Waals surface area contributed by atoms with E-state index in [1.165, 1.54) is 11.8 Å². The molecule has 0 radical (unpaired) electrons. The highest BCUT2D eigenvalue weighted by atomic mass is 32.2. The van der Waals surface area contributed by atoms with Gasteiger partial charge in [0.25, 0.3) is 0 Å². The number of hydrogen-bond acceptors (Lipinski definition) is 5. The lowest BCUT2D eigenvalue weighted by Gasteiger charge is -2.26. The smallest absolute Gasteiger partial charge is 0.232 e. The first-order valence-corrected chi connectivity index (χ1v) is 8.29. The van der Waals surface area contributed by atoms with Crippen molar-refractivity contribution in [1.82, 2.24) is 10.2 Å². The molecule has 0 bridgehead atoms. The summed E-state index contributed by atoms with van der Waals surface area (Å²) in [6.45, 7) is 3.02. The van der Waals surface area contributed by atoms with E-state index in [4.69, 9.17) is 10.5 Å². The average molecular weight is 301 g/mol. The molecule has 2 aliphatic rings. The van der Waals surface area contributed by atoms with Crippen LogP contribution < -0.4 is 11.1 Å². The molecule has 7 heteroatoms. The molecule has 1 heterocycles. The Hall–Kier alpha value is -0.790. The molecule has 1 saturated carbocycles. The molecular weight excluding hydrogens is 278 g/mol. The molecular formula is C13H23N3O3S. The minimum atomic E-state index is -0.0212. The molecule has 2 fully saturated rings. The van der Waals surface area contributed by atoms with Crippen LogP contribution in [0.4, 0.5) is 0 Å². The third-order valence-corrected chi connectivity index (χ3v) is 4.53. The zero-order chi connectivity index (χ0) is 14.4. The van der Waals surface area contributed by atoms with Gasteiger partial charge in [-0.05, 0) is 18.8 Å². The van der Waals surface area contributed by atoms with Crippen LogP contribution in [0.25, 0.3) is 0 Å². The van der Waals surface area contributed by atoms with Gasteiger partial charge < -0.3 is 20.7 Å². The molecule has 20 heavy (non-hydrogen) atoms. The second-order valence-corrected chi connectivity index (χ2v) is 6.22. The first-order chi connectivity index (χ1) is 9.70. The van der Waals surface area contributed by atoms with Crippen molar-refractivity contribution in [2.75, 3.05) is 44.4 Å². The van der Waals surface area contributed by atoms with Gasteiger partial charge in [-0.3, -0.25) is 9.59 Å². The van der Waals surface area contributed by atoms with Gasteiger partial charge >= 0.3 is 0 Å². The molecule has 114 valence electrons. The van der Waals surface area contributed by atoms with Crippen LogP contribution in [-0.4, -0.2) is 67.1 Å². The van der Waals surface area contributed by atoms with E-state index < -0.39 is 0 Å². The summed E-state index contributed by atoms with van der Waals surface area (Å²) in [5.41, 5.74) is 5.64. The summed E-state index contributed by atoms with van der Waals surface area (Å²) in [4.78, 5) is 25.4. The van der Waals surface area contributed by atoms with Gasteiger partial charge in [-0.15, -0.1) is 11.8 Å². The highest BCUT2D eigenvalue weighted by Crippen LogP contribution is 2.32. The number of carbonyl (C=O) groups excluding carboxylic acids is 2. The number of nitrogens with zero attached hydrogens (tertiary/aromatic N) is 1. The number of nitrogens with one attached hydrogen (secondary N) is 1. The predicted molar refractivity (Wildman–Crippen MR) is 78.4 cm³/mol. The van der Waals surface area contributed by atoms with Gasteiger partial charge in [0.05, 0.1) is 24.7 Å². The van der Waals surface area contributed by atoms with Crippen LogP contribution in [0.3, 0.4) is 0 Å². The van der Waals surface area contributed by atoms with Crippen LogP contribution in [0, 0.1) is 5.92 Å². The van der Waals surface area contributed by atoms with Crippen molar-refractivity contribution in [3.05, 3.63) is 0 Å². The van der Waals surface area contributed by atoms with Gasteiger partial charge in [0.2, 0.25) is 11.8 Å². The number of hydrogen-bond donors (Lipinski definition) is 2. The van der Waals surface area contributed by atoms with E-state index in [0.717, 1.165) is 12.8 Å². The van der Waals surface area contributed by atoms with Crippen LogP contribution in [-0.2, 0) is 14.3 Å². The molecule has 0 aromatic carbocycles. The van der Waals surface area contributed by atoms with Crippen LogP contribution in [0.15, 0.2) is 0 Å². The van der Waals surface area contributed by atoms with E-state index in [1.807, 2.05) is 0 Å². The fraction of sp³-hybridized carbons (Fsp3) is 0.846. The molecule has 1 saturated heterocycles. The third-order valence-electron chi connectivity index (χ3n) is 3.61. The lowest BCUT2D eigenvalue weighted by atomic mass is 10.2. The first-order valence-electron chi connectivity index (χ1n) is 7.13. The number of nitrogens with two attached hydrogens (primary N) is 1. The molecule has 0 aromatic heterocycles. The highest BCUT2D eigenvalue weighted by molar-refractivity contribution is 8.00. The topological polar surface area (TPSA) is 84.7 Å². The average Bonchev–Trinajstić information content (AvgIpc) is 3.30. The Morgan fingerprint density at radius 2 is 2.00 bits per heavy atom. The quantitative estimate of drug-likeness (QED) is 0.658. The van der Waals surface area contributed by atoms with Gasteiger partial charge in [-0.1, -0.05) is 0 Å². The minimum Gasteiger partial charge on any atom is -0.378 e. The standard InChI is InChI=1S/C13H23N3O3S/c14-7-11(10-1-2-10)15-12(17)8-20-9-13(18)16-3-5-19-6-4-16/h10-11H,1-9,14H2,(H,15,17). The summed E-state index contributed by atoms with van der Waals surface area (Å²) in [5, 5.41) is 2.95. The van der Waals surface area contributed by atoms with Gasteiger partial charge in [-0.2, -0.15) is 0 Å². The molecule has 1 atom stereocenters. The molecule has 3 N–H and O–H groups in total. The summed E-state index contributed by atoms with van der Waals surface area (Å²) in [6.07, 6.45) is 2.32. The normalized spacial score (nSPS) is 20.6. The molecule has 2 rings (SSSR count). The van der Waals surface area contributed by atoms with E-state index in [0.29, 0.717) is 50.3 Å². The van der Waals surface area contributed by atoms with Crippen molar-refractivity contribution >= 4 is 23.6 Å². The van der Waals surface area contributed by atoms with Gasteiger partial charge in [0.1, 0.15) is 0 Å². The van der Waals surface area contributed by atoms with Crippen molar-refractivity contribution in [2.24, 2.45) is 11.7 Å². The van der Waals surface area contributed by atoms with E-state index in [-0.39, 0.29) is 17.9 Å². The minimum absolute atomic E-state index is 0.0212. The van der Waals surface area contributed by atoms with Gasteiger partial charge in [0.15, 0.2) is 0 Å². The van der Waals surface area contributed by atoms with Crippen molar-refractivity contribution < 1.29 is 14.3 Å². The molecule has 1 aliphatic heterocycles. The Morgan fingerprint density at radius 3 is 2.60 bits per heavy atom. The van der Waals surface area contributed by atoms with Crippen LogP contribution in [0.2, 0.25) is 0 Å². The third kappa shape index (κ3) is 4.96. The summed E-state index contributed by atoms with van der Waals surface area (Å²) in [6, 6.07) is 0.109. The number of amides is 2. The fourth-order valence-corrected chi connectivity index (χ4v) is 2.98. The maximum atomic E-state index is 11.9. The summed E-state index contributed by atoms with van der Waals surface area (Å²) < 4.78 is 5.20.